The standard InChI is InChI=1S/C14H16Si/c1-5-12-10-9-11-13(6-2)14(12)15(7-3)8-4/h1-2,9-12H,7-8H2,3-4H3. The Kier molecular flexibility index (Phi) is 4.34. The van der Waals surface area contributed by atoms with Gasteiger partial charge in [-0.1, -0.05) is 37.8 Å². The summed E-state index contributed by atoms with van der Waals surface area (Å²) in [6.07, 6.45) is 17.2. The normalized spacial score (nSPS) is 19.1. The van der Waals surface area contributed by atoms with Gasteiger partial charge >= 0.3 is 0 Å². The second-order valence-corrected chi connectivity index (χ2v) is 6.64. The van der Waals surface area contributed by atoms with Crippen LogP contribution < -0.4 is 0 Å². The lowest BCUT2D eigenvalue weighted by Crippen LogP contribution is -2.25. The Balaban J connectivity index is 3.28. The van der Waals surface area contributed by atoms with E-state index in [-0.39, 0.29) is 5.92 Å². The van der Waals surface area contributed by atoms with Crippen molar-refractivity contribution in [1.82, 2.24) is 0 Å². The summed E-state index contributed by atoms with van der Waals surface area (Å²) in [5.41, 5.74) is 1.03. The van der Waals surface area contributed by atoms with Gasteiger partial charge in [-0.05, 0) is 23.3 Å². The predicted octanol–water partition coefficient (Wildman–Crippen LogP) is 2.65. The van der Waals surface area contributed by atoms with Crippen LogP contribution in [-0.2, 0) is 0 Å². The Morgan fingerprint density at radius 1 is 1.33 bits per heavy atom. The summed E-state index contributed by atoms with van der Waals surface area (Å²) < 4.78 is 0. The van der Waals surface area contributed by atoms with Crippen LogP contribution in [0.2, 0.25) is 12.1 Å². The van der Waals surface area contributed by atoms with Crippen molar-refractivity contribution in [2.75, 3.05) is 0 Å². The molecule has 1 rings (SSSR count). The molecular formula is C14H16Si. The highest BCUT2D eigenvalue weighted by atomic mass is 28.2. The molecule has 0 spiro atoms. The smallest absolute Gasteiger partial charge is 0.0602 e. The van der Waals surface area contributed by atoms with E-state index in [4.69, 9.17) is 12.8 Å². The van der Waals surface area contributed by atoms with Crippen LogP contribution in [-0.4, -0.2) is 13.6 Å². The summed E-state index contributed by atoms with van der Waals surface area (Å²) in [5.74, 6) is 5.74. The van der Waals surface area contributed by atoms with E-state index in [9.17, 15) is 0 Å². The first-order valence-electron chi connectivity index (χ1n) is 5.31. The summed E-state index contributed by atoms with van der Waals surface area (Å²) in [6, 6.07) is 2.39. The number of allylic oxidation sites excluding steroid dienone is 4. The maximum atomic E-state index is 5.56. The van der Waals surface area contributed by atoms with Gasteiger partial charge in [0, 0.05) is 14.0 Å². The number of hydrogen-bond donors (Lipinski definition) is 0. The highest BCUT2D eigenvalue weighted by Gasteiger charge is 2.17. The van der Waals surface area contributed by atoms with E-state index in [2.05, 4.69) is 31.8 Å². The summed E-state index contributed by atoms with van der Waals surface area (Å²) in [4.78, 5) is 0. The van der Waals surface area contributed by atoms with Crippen LogP contribution in [0.5, 0.6) is 0 Å². The van der Waals surface area contributed by atoms with Crippen molar-refractivity contribution in [2.24, 2.45) is 5.92 Å². The minimum atomic E-state index is -0.532. The lowest BCUT2D eigenvalue weighted by Gasteiger charge is -2.19. The fourth-order valence-electron chi connectivity index (χ4n) is 1.92. The second kappa shape index (κ2) is 5.54. The zero-order chi connectivity index (χ0) is 11.3. The molecule has 0 nitrogen and oxygen atoms in total. The van der Waals surface area contributed by atoms with Crippen LogP contribution in [0.1, 0.15) is 13.8 Å². The van der Waals surface area contributed by atoms with E-state index in [1.807, 2.05) is 12.2 Å². The van der Waals surface area contributed by atoms with Crippen molar-refractivity contribution in [2.45, 2.75) is 25.9 Å². The van der Waals surface area contributed by atoms with Crippen molar-refractivity contribution in [1.29, 1.82) is 0 Å². The van der Waals surface area contributed by atoms with E-state index < -0.39 is 8.41 Å². The third-order valence-corrected chi connectivity index (χ3v) is 5.79. The van der Waals surface area contributed by atoms with E-state index in [1.54, 1.807) is 0 Å². The molecule has 0 aromatic carbocycles. The molecular weight excluding hydrogens is 196 g/mol. The maximum Gasteiger partial charge on any atom is 0.0602 e. The monoisotopic (exact) mass is 212 g/mol. The topological polar surface area (TPSA) is 0 Å². The summed E-state index contributed by atoms with van der Waals surface area (Å²) in [7, 11) is -0.532. The first-order valence-corrected chi connectivity index (χ1v) is 7.23. The summed E-state index contributed by atoms with van der Waals surface area (Å²) >= 11 is 0. The predicted molar refractivity (Wildman–Crippen MR) is 70.1 cm³/mol. The Morgan fingerprint density at radius 2 is 2.00 bits per heavy atom. The average molecular weight is 212 g/mol. The Morgan fingerprint density at radius 3 is 2.47 bits per heavy atom. The SMILES string of the molecule is C#CC1=CC=CC(C#C)C1=[Si](CC)CC. The minimum absolute atomic E-state index is 0.134. The van der Waals surface area contributed by atoms with Crippen LogP contribution in [0.15, 0.2) is 23.8 Å². The molecule has 1 unspecified atom stereocenters. The number of terminal acetylenes is 2. The number of rotatable bonds is 2. The Bertz CT molecular complexity index is 402. The molecule has 76 valence electrons. The van der Waals surface area contributed by atoms with Crippen LogP contribution in [0.4, 0.5) is 0 Å². The van der Waals surface area contributed by atoms with Crippen molar-refractivity contribution >= 4 is 13.6 Å². The molecule has 0 aromatic rings. The third kappa shape index (κ3) is 2.38. The molecule has 1 atom stereocenters. The molecule has 0 aliphatic heterocycles. The molecule has 0 saturated carbocycles. The van der Waals surface area contributed by atoms with Crippen molar-refractivity contribution in [3.63, 3.8) is 0 Å². The molecule has 1 heteroatoms. The Hall–Kier alpha value is -1.31. The fourth-order valence-corrected chi connectivity index (χ4v) is 4.34. The molecule has 0 amide bonds. The largest absolute Gasteiger partial charge is 0.119 e. The molecule has 0 saturated heterocycles. The first-order chi connectivity index (χ1) is 7.28. The molecule has 1 aliphatic carbocycles. The Labute approximate surface area is 94.3 Å². The molecule has 15 heavy (non-hydrogen) atoms. The van der Waals surface area contributed by atoms with Crippen LogP contribution in [0, 0.1) is 30.6 Å². The summed E-state index contributed by atoms with van der Waals surface area (Å²) in [5, 5.41) is 1.36. The van der Waals surface area contributed by atoms with Gasteiger partial charge < -0.3 is 0 Å². The van der Waals surface area contributed by atoms with Gasteiger partial charge in [-0.3, -0.25) is 0 Å². The van der Waals surface area contributed by atoms with E-state index in [0.717, 1.165) is 5.57 Å². The first kappa shape index (κ1) is 11.8. The molecule has 0 bridgehead atoms. The number of hydrogen-bond acceptors (Lipinski definition) is 0. The molecule has 0 heterocycles. The zero-order valence-electron chi connectivity index (χ0n) is 9.38. The van der Waals surface area contributed by atoms with E-state index in [0.29, 0.717) is 0 Å². The molecule has 0 radical (unpaired) electrons. The maximum absolute atomic E-state index is 5.56. The van der Waals surface area contributed by atoms with Gasteiger partial charge in [-0.2, -0.15) is 0 Å². The van der Waals surface area contributed by atoms with Gasteiger partial charge in [0.25, 0.3) is 0 Å². The van der Waals surface area contributed by atoms with Crippen LogP contribution in [0.3, 0.4) is 0 Å². The van der Waals surface area contributed by atoms with E-state index in [1.165, 1.54) is 17.3 Å². The van der Waals surface area contributed by atoms with Gasteiger partial charge in [0.1, 0.15) is 0 Å². The molecule has 0 N–H and O–H groups in total. The van der Waals surface area contributed by atoms with Gasteiger partial charge in [-0.15, -0.1) is 12.8 Å². The lowest BCUT2D eigenvalue weighted by molar-refractivity contribution is 1.19. The van der Waals surface area contributed by atoms with Gasteiger partial charge in [0.2, 0.25) is 0 Å². The van der Waals surface area contributed by atoms with Crippen molar-refractivity contribution < 1.29 is 0 Å². The van der Waals surface area contributed by atoms with Crippen LogP contribution >= 0.6 is 0 Å². The lowest BCUT2D eigenvalue weighted by atomic mass is 9.95. The molecule has 0 aromatic heterocycles. The quantitative estimate of drug-likeness (QED) is 0.487. The molecule has 0 fully saturated rings. The second-order valence-electron chi connectivity index (χ2n) is 3.48. The minimum Gasteiger partial charge on any atom is -0.119 e. The van der Waals surface area contributed by atoms with Gasteiger partial charge in [0.05, 0.1) is 5.92 Å². The van der Waals surface area contributed by atoms with Gasteiger partial charge in [0.15, 0.2) is 0 Å². The van der Waals surface area contributed by atoms with Gasteiger partial charge in [-0.25, -0.2) is 0 Å². The van der Waals surface area contributed by atoms with E-state index >= 15 is 0 Å². The highest BCUT2D eigenvalue weighted by Crippen LogP contribution is 2.16. The fraction of sp³-hybridized carbons (Fsp3) is 0.357. The third-order valence-electron chi connectivity index (χ3n) is 2.74. The highest BCUT2D eigenvalue weighted by molar-refractivity contribution is 6.74. The van der Waals surface area contributed by atoms with Crippen molar-refractivity contribution in [3.8, 4) is 24.7 Å². The molecule has 1 aliphatic rings. The summed E-state index contributed by atoms with van der Waals surface area (Å²) in [6.45, 7) is 4.45. The zero-order valence-corrected chi connectivity index (χ0v) is 10.4. The van der Waals surface area contributed by atoms with Crippen LogP contribution in [0.25, 0.3) is 0 Å². The van der Waals surface area contributed by atoms with Crippen molar-refractivity contribution in [3.05, 3.63) is 23.8 Å². The average Bonchev–Trinajstić information content (AvgIpc) is 2.30.